The SMILES string of the molecule is O=C(O)CC1CN(C(=O)NCCC2CCCC2)CCO1. The van der Waals surface area contributed by atoms with E-state index in [9.17, 15) is 9.59 Å². The minimum Gasteiger partial charge on any atom is -0.481 e. The maximum absolute atomic E-state index is 12.0. The molecule has 2 amide bonds. The normalized spacial score (nSPS) is 23.8. The minimum absolute atomic E-state index is 0.0497. The molecule has 1 saturated heterocycles. The van der Waals surface area contributed by atoms with Gasteiger partial charge in [-0.3, -0.25) is 4.79 Å². The Kier molecular flexibility index (Phi) is 5.64. The van der Waals surface area contributed by atoms with Crippen LogP contribution in [0.15, 0.2) is 0 Å². The molecule has 0 aromatic rings. The van der Waals surface area contributed by atoms with Gasteiger partial charge < -0.3 is 20.1 Å². The van der Waals surface area contributed by atoms with Crippen LogP contribution in [-0.2, 0) is 9.53 Å². The third kappa shape index (κ3) is 4.67. The van der Waals surface area contributed by atoms with E-state index in [0.717, 1.165) is 12.3 Å². The van der Waals surface area contributed by atoms with Crippen LogP contribution in [0.2, 0.25) is 0 Å². The van der Waals surface area contributed by atoms with Crippen LogP contribution < -0.4 is 5.32 Å². The number of nitrogens with zero attached hydrogens (tertiary/aromatic N) is 1. The Bertz CT molecular complexity index is 342. The van der Waals surface area contributed by atoms with Crippen molar-refractivity contribution in [3.05, 3.63) is 0 Å². The first kappa shape index (κ1) is 15.1. The Balaban J connectivity index is 1.67. The molecule has 2 N–H and O–H groups in total. The topological polar surface area (TPSA) is 78.9 Å². The van der Waals surface area contributed by atoms with Gasteiger partial charge in [-0.1, -0.05) is 25.7 Å². The zero-order valence-corrected chi connectivity index (χ0v) is 11.8. The van der Waals surface area contributed by atoms with Crippen LogP contribution >= 0.6 is 0 Å². The Morgan fingerprint density at radius 2 is 2.05 bits per heavy atom. The predicted octanol–water partition coefficient (Wildman–Crippen LogP) is 1.45. The van der Waals surface area contributed by atoms with Crippen LogP contribution in [0.1, 0.15) is 38.5 Å². The van der Waals surface area contributed by atoms with Crippen LogP contribution in [0.25, 0.3) is 0 Å². The summed E-state index contributed by atoms with van der Waals surface area (Å²) in [5.74, 6) is -0.127. The van der Waals surface area contributed by atoms with Gasteiger partial charge >= 0.3 is 12.0 Å². The number of hydrogen-bond donors (Lipinski definition) is 2. The fourth-order valence-electron chi connectivity index (χ4n) is 3.02. The number of hydrogen-bond acceptors (Lipinski definition) is 3. The summed E-state index contributed by atoms with van der Waals surface area (Å²) < 4.78 is 5.35. The van der Waals surface area contributed by atoms with Crippen molar-refractivity contribution in [1.29, 1.82) is 0 Å². The first-order valence-electron chi connectivity index (χ1n) is 7.51. The lowest BCUT2D eigenvalue weighted by molar-refractivity contribution is -0.141. The highest BCUT2D eigenvalue weighted by Gasteiger charge is 2.25. The van der Waals surface area contributed by atoms with Crippen molar-refractivity contribution in [2.75, 3.05) is 26.2 Å². The molecular formula is C14H24N2O4. The maximum atomic E-state index is 12.0. The minimum atomic E-state index is -0.890. The van der Waals surface area contributed by atoms with Gasteiger partial charge in [0, 0.05) is 19.6 Å². The number of carboxylic acids is 1. The smallest absolute Gasteiger partial charge is 0.317 e. The summed E-state index contributed by atoms with van der Waals surface area (Å²) in [4.78, 5) is 24.3. The van der Waals surface area contributed by atoms with Gasteiger partial charge in [0.2, 0.25) is 0 Å². The molecule has 1 unspecified atom stereocenters. The van der Waals surface area contributed by atoms with Crippen molar-refractivity contribution in [2.45, 2.75) is 44.6 Å². The maximum Gasteiger partial charge on any atom is 0.317 e. The van der Waals surface area contributed by atoms with Gasteiger partial charge in [-0.2, -0.15) is 0 Å². The monoisotopic (exact) mass is 284 g/mol. The number of carbonyl (C=O) groups is 2. The number of morpholine rings is 1. The van der Waals surface area contributed by atoms with E-state index in [4.69, 9.17) is 9.84 Å². The van der Waals surface area contributed by atoms with Gasteiger partial charge in [0.1, 0.15) is 0 Å². The van der Waals surface area contributed by atoms with Gasteiger partial charge in [-0.05, 0) is 12.3 Å². The standard InChI is InChI=1S/C14H24N2O4/c17-13(18)9-12-10-16(7-8-20-12)14(19)15-6-5-11-3-1-2-4-11/h11-12H,1-10H2,(H,15,19)(H,17,18). The molecule has 2 aliphatic rings. The molecule has 6 nitrogen and oxygen atoms in total. The average Bonchev–Trinajstić information content (AvgIpc) is 2.91. The number of ether oxygens (including phenoxy) is 1. The zero-order valence-electron chi connectivity index (χ0n) is 11.8. The lowest BCUT2D eigenvalue weighted by Crippen LogP contribution is -2.50. The molecule has 6 heteroatoms. The molecule has 0 spiro atoms. The highest BCUT2D eigenvalue weighted by atomic mass is 16.5. The number of amides is 2. The number of aliphatic carboxylic acids is 1. The van der Waals surface area contributed by atoms with Crippen LogP contribution in [0.3, 0.4) is 0 Å². The van der Waals surface area contributed by atoms with Crippen LogP contribution in [0.4, 0.5) is 4.79 Å². The third-order valence-electron chi connectivity index (χ3n) is 4.13. The Morgan fingerprint density at radius 3 is 2.75 bits per heavy atom. The summed E-state index contributed by atoms with van der Waals surface area (Å²) in [6.07, 6.45) is 5.82. The summed E-state index contributed by atoms with van der Waals surface area (Å²) in [7, 11) is 0. The van der Waals surface area contributed by atoms with E-state index in [1.807, 2.05) is 0 Å². The lowest BCUT2D eigenvalue weighted by atomic mass is 10.0. The van der Waals surface area contributed by atoms with E-state index in [2.05, 4.69) is 5.32 Å². The van der Waals surface area contributed by atoms with Gasteiger partial charge in [0.25, 0.3) is 0 Å². The van der Waals surface area contributed by atoms with Crippen molar-refractivity contribution in [3.63, 3.8) is 0 Å². The van der Waals surface area contributed by atoms with E-state index in [1.165, 1.54) is 25.7 Å². The quantitative estimate of drug-likeness (QED) is 0.801. The van der Waals surface area contributed by atoms with Crippen LogP contribution in [0.5, 0.6) is 0 Å². The van der Waals surface area contributed by atoms with Gasteiger partial charge in [0.05, 0.1) is 19.1 Å². The number of carboxylic acid groups (broad SMARTS) is 1. The van der Waals surface area contributed by atoms with Crippen molar-refractivity contribution < 1.29 is 19.4 Å². The van der Waals surface area contributed by atoms with E-state index in [-0.39, 0.29) is 18.6 Å². The molecule has 114 valence electrons. The van der Waals surface area contributed by atoms with E-state index in [1.54, 1.807) is 4.90 Å². The summed E-state index contributed by atoms with van der Waals surface area (Å²) in [6, 6.07) is -0.0957. The van der Waals surface area contributed by atoms with Crippen molar-refractivity contribution in [1.82, 2.24) is 10.2 Å². The second kappa shape index (κ2) is 7.47. The van der Waals surface area contributed by atoms with Crippen molar-refractivity contribution >= 4 is 12.0 Å². The van der Waals surface area contributed by atoms with E-state index in [0.29, 0.717) is 26.2 Å². The number of carbonyl (C=O) groups excluding carboxylic acids is 1. The number of nitrogens with one attached hydrogen (secondary N) is 1. The highest BCUT2D eigenvalue weighted by molar-refractivity contribution is 5.74. The van der Waals surface area contributed by atoms with Crippen molar-refractivity contribution in [2.24, 2.45) is 5.92 Å². The van der Waals surface area contributed by atoms with Crippen LogP contribution in [-0.4, -0.2) is 54.4 Å². The second-order valence-electron chi connectivity index (χ2n) is 5.71. The molecule has 0 bridgehead atoms. The first-order valence-corrected chi connectivity index (χ1v) is 7.51. The van der Waals surface area contributed by atoms with Gasteiger partial charge in [-0.15, -0.1) is 0 Å². The molecule has 0 aromatic heterocycles. The molecule has 1 aliphatic heterocycles. The lowest BCUT2D eigenvalue weighted by Gasteiger charge is -2.32. The molecule has 1 aliphatic carbocycles. The zero-order chi connectivity index (χ0) is 14.4. The molecule has 2 fully saturated rings. The summed E-state index contributed by atoms with van der Waals surface area (Å²) >= 11 is 0. The second-order valence-corrected chi connectivity index (χ2v) is 5.71. The summed E-state index contributed by atoms with van der Waals surface area (Å²) in [5, 5.41) is 11.7. The first-order chi connectivity index (χ1) is 9.65. The molecular weight excluding hydrogens is 260 g/mol. The summed E-state index contributed by atoms with van der Waals surface area (Å²) in [6.45, 7) is 2.02. The predicted molar refractivity (Wildman–Crippen MR) is 73.5 cm³/mol. The van der Waals surface area contributed by atoms with Gasteiger partial charge in [0.15, 0.2) is 0 Å². The molecule has 1 saturated carbocycles. The van der Waals surface area contributed by atoms with Crippen LogP contribution in [0, 0.1) is 5.92 Å². The molecule has 20 heavy (non-hydrogen) atoms. The average molecular weight is 284 g/mol. The largest absolute Gasteiger partial charge is 0.481 e. The molecule has 1 atom stereocenters. The fourth-order valence-corrected chi connectivity index (χ4v) is 3.02. The molecule has 0 radical (unpaired) electrons. The molecule has 1 heterocycles. The Morgan fingerprint density at radius 1 is 1.30 bits per heavy atom. The Labute approximate surface area is 119 Å². The van der Waals surface area contributed by atoms with Crippen molar-refractivity contribution in [3.8, 4) is 0 Å². The number of rotatable bonds is 5. The highest BCUT2D eigenvalue weighted by Crippen LogP contribution is 2.26. The van der Waals surface area contributed by atoms with E-state index >= 15 is 0 Å². The summed E-state index contributed by atoms with van der Waals surface area (Å²) in [5.41, 5.74) is 0. The fraction of sp³-hybridized carbons (Fsp3) is 0.857. The molecule has 0 aromatic carbocycles. The third-order valence-corrected chi connectivity index (χ3v) is 4.13. The van der Waals surface area contributed by atoms with Gasteiger partial charge in [-0.25, -0.2) is 4.79 Å². The number of urea groups is 1. The van der Waals surface area contributed by atoms with E-state index < -0.39 is 5.97 Å². The molecule has 2 rings (SSSR count). The Hall–Kier alpha value is -1.30.